The van der Waals surface area contributed by atoms with Crippen molar-refractivity contribution in [2.24, 2.45) is 0 Å². The van der Waals surface area contributed by atoms with Gasteiger partial charge in [-0.15, -0.1) is 6.58 Å². The number of rotatable bonds is 6. The zero-order chi connectivity index (χ0) is 10.4. The molecule has 0 bridgehead atoms. The second-order valence-corrected chi connectivity index (χ2v) is 5.96. The van der Waals surface area contributed by atoms with Crippen LogP contribution in [0.3, 0.4) is 0 Å². The van der Waals surface area contributed by atoms with E-state index in [0.717, 1.165) is 6.42 Å². The van der Waals surface area contributed by atoms with Gasteiger partial charge in [0.1, 0.15) is 0 Å². The molecule has 2 unspecified atom stereocenters. The Morgan fingerprint density at radius 2 is 2.43 bits per heavy atom. The van der Waals surface area contributed by atoms with Crippen LogP contribution in [-0.2, 0) is 0 Å². The van der Waals surface area contributed by atoms with Gasteiger partial charge in [0, 0.05) is 10.8 Å². The van der Waals surface area contributed by atoms with Crippen molar-refractivity contribution >= 4 is 11.8 Å². The molecule has 0 amide bonds. The van der Waals surface area contributed by atoms with Crippen LogP contribution in [0.1, 0.15) is 39.0 Å². The lowest BCUT2D eigenvalue weighted by atomic mass is 9.92. The summed E-state index contributed by atoms with van der Waals surface area (Å²) in [4.78, 5) is 0. The highest BCUT2D eigenvalue weighted by molar-refractivity contribution is 8.00. The molecular formula is C12H23NS. The predicted molar refractivity (Wildman–Crippen MR) is 67.0 cm³/mol. The highest BCUT2D eigenvalue weighted by Crippen LogP contribution is 2.41. The van der Waals surface area contributed by atoms with Crippen LogP contribution in [0.4, 0.5) is 0 Å². The SMILES string of the molecule is C=CCCCC(NC)C1(C)CCCS1. The van der Waals surface area contributed by atoms with Gasteiger partial charge in [-0.2, -0.15) is 11.8 Å². The molecule has 2 heteroatoms. The van der Waals surface area contributed by atoms with Crippen LogP contribution in [0, 0.1) is 0 Å². The summed E-state index contributed by atoms with van der Waals surface area (Å²) in [5, 5.41) is 3.49. The third-order valence-electron chi connectivity index (χ3n) is 3.24. The third-order valence-corrected chi connectivity index (χ3v) is 4.88. The fourth-order valence-electron chi connectivity index (χ4n) is 2.30. The molecule has 0 aliphatic carbocycles. The van der Waals surface area contributed by atoms with E-state index in [1.165, 1.54) is 31.4 Å². The molecule has 2 atom stereocenters. The van der Waals surface area contributed by atoms with Crippen molar-refractivity contribution in [3.8, 4) is 0 Å². The van der Waals surface area contributed by atoms with Gasteiger partial charge in [-0.25, -0.2) is 0 Å². The van der Waals surface area contributed by atoms with E-state index in [2.05, 4.69) is 37.6 Å². The lowest BCUT2D eigenvalue weighted by Gasteiger charge is -2.33. The van der Waals surface area contributed by atoms with Crippen LogP contribution in [0.2, 0.25) is 0 Å². The standard InChI is InChI=1S/C12H23NS/c1-4-5-6-8-11(13-3)12(2)9-7-10-14-12/h4,11,13H,1,5-10H2,2-3H3. The highest BCUT2D eigenvalue weighted by atomic mass is 32.2. The van der Waals surface area contributed by atoms with Crippen molar-refractivity contribution in [2.45, 2.75) is 49.8 Å². The van der Waals surface area contributed by atoms with Crippen molar-refractivity contribution in [3.63, 3.8) is 0 Å². The summed E-state index contributed by atoms with van der Waals surface area (Å²) in [7, 11) is 2.10. The fraction of sp³-hybridized carbons (Fsp3) is 0.833. The first-order valence-corrected chi connectivity index (χ1v) is 6.63. The van der Waals surface area contributed by atoms with E-state index in [1.54, 1.807) is 0 Å². The smallest absolute Gasteiger partial charge is 0.0285 e. The van der Waals surface area contributed by atoms with E-state index in [9.17, 15) is 0 Å². The quantitative estimate of drug-likeness (QED) is 0.537. The molecule has 1 aliphatic heterocycles. The Morgan fingerprint density at radius 1 is 1.64 bits per heavy atom. The van der Waals surface area contributed by atoms with E-state index < -0.39 is 0 Å². The van der Waals surface area contributed by atoms with Crippen molar-refractivity contribution in [2.75, 3.05) is 12.8 Å². The Hall–Kier alpha value is 0.0500. The molecule has 14 heavy (non-hydrogen) atoms. The van der Waals surface area contributed by atoms with Crippen molar-refractivity contribution in [1.29, 1.82) is 0 Å². The molecule has 0 spiro atoms. The number of allylic oxidation sites excluding steroid dienone is 1. The van der Waals surface area contributed by atoms with Gasteiger partial charge >= 0.3 is 0 Å². The third kappa shape index (κ3) is 3.03. The predicted octanol–water partition coefficient (Wildman–Crippen LogP) is 3.22. The van der Waals surface area contributed by atoms with Gasteiger partial charge in [0.25, 0.3) is 0 Å². The van der Waals surface area contributed by atoms with Crippen LogP contribution >= 0.6 is 11.8 Å². The Labute approximate surface area is 92.7 Å². The maximum atomic E-state index is 3.77. The van der Waals surface area contributed by atoms with Crippen LogP contribution in [0.15, 0.2) is 12.7 Å². The molecule has 0 aromatic carbocycles. The van der Waals surface area contributed by atoms with Crippen molar-refractivity contribution in [1.82, 2.24) is 5.32 Å². The minimum absolute atomic E-state index is 0.482. The second kappa shape index (κ2) is 5.82. The van der Waals surface area contributed by atoms with Crippen LogP contribution < -0.4 is 5.32 Å². The average molecular weight is 213 g/mol. The number of thioether (sulfide) groups is 1. The van der Waals surface area contributed by atoms with Gasteiger partial charge in [-0.1, -0.05) is 6.08 Å². The lowest BCUT2D eigenvalue weighted by molar-refractivity contribution is 0.396. The van der Waals surface area contributed by atoms with Gasteiger partial charge in [-0.3, -0.25) is 0 Å². The summed E-state index contributed by atoms with van der Waals surface area (Å²) >= 11 is 2.15. The molecule has 1 aliphatic rings. The average Bonchev–Trinajstić information content (AvgIpc) is 2.61. The normalized spacial score (nSPS) is 29.0. The number of hydrogen-bond donors (Lipinski definition) is 1. The van der Waals surface area contributed by atoms with E-state index in [1.807, 2.05) is 6.08 Å². The van der Waals surface area contributed by atoms with Crippen LogP contribution in [0.25, 0.3) is 0 Å². The summed E-state index contributed by atoms with van der Waals surface area (Å²) in [5.74, 6) is 1.34. The number of nitrogens with one attached hydrogen (secondary N) is 1. The second-order valence-electron chi connectivity index (χ2n) is 4.33. The first-order chi connectivity index (χ1) is 6.73. The van der Waals surface area contributed by atoms with Gasteiger partial charge in [0.15, 0.2) is 0 Å². The molecule has 0 aromatic heterocycles. The Morgan fingerprint density at radius 3 is 2.93 bits per heavy atom. The topological polar surface area (TPSA) is 12.0 Å². The van der Waals surface area contributed by atoms with E-state index in [0.29, 0.717) is 10.8 Å². The lowest BCUT2D eigenvalue weighted by Crippen LogP contribution is -2.43. The highest BCUT2D eigenvalue weighted by Gasteiger charge is 2.36. The van der Waals surface area contributed by atoms with Gasteiger partial charge in [0.05, 0.1) is 0 Å². The molecule has 1 fully saturated rings. The molecular weight excluding hydrogens is 190 g/mol. The zero-order valence-electron chi connectivity index (χ0n) is 9.51. The van der Waals surface area contributed by atoms with Crippen LogP contribution in [-0.4, -0.2) is 23.6 Å². The first-order valence-electron chi connectivity index (χ1n) is 5.65. The summed E-state index contributed by atoms with van der Waals surface area (Å²) in [6, 6.07) is 0.676. The minimum atomic E-state index is 0.482. The van der Waals surface area contributed by atoms with Crippen molar-refractivity contribution in [3.05, 3.63) is 12.7 Å². The summed E-state index contributed by atoms with van der Waals surface area (Å²) in [6.07, 6.45) is 8.49. The first kappa shape index (κ1) is 12.1. The largest absolute Gasteiger partial charge is 0.316 e. The maximum absolute atomic E-state index is 3.77. The number of unbranched alkanes of at least 4 members (excludes halogenated alkanes) is 1. The van der Waals surface area contributed by atoms with E-state index >= 15 is 0 Å². The summed E-state index contributed by atoms with van der Waals surface area (Å²) in [5.41, 5.74) is 0. The van der Waals surface area contributed by atoms with Gasteiger partial charge in [0.2, 0.25) is 0 Å². The number of hydrogen-bond acceptors (Lipinski definition) is 2. The van der Waals surface area contributed by atoms with E-state index in [4.69, 9.17) is 0 Å². The summed E-state index contributed by atoms with van der Waals surface area (Å²) < 4.78 is 0.482. The molecule has 0 aromatic rings. The zero-order valence-corrected chi connectivity index (χ0v) is 10.3. The molecule has 1 saturated heterocycles. The fourth-order valence-corrected chi connectivity index (χ4v) is 3.78. The molecule has 1 heterocycles. The molecule has 1 rings (SSSR count). The van der Waals surface area contributed by atoms with Crippen LogP contribution in [0.5, 0.6) is 0 Å². The molecule has 1 N–H and O–H groups in total. The summed E-state index contributed by atoms with van der Waals surface area (Å²) in [6.45, 7) is 6.19. The minimum Gasteiger partial charge on any atom is -0.316 e. The van der Waals surface area contributed by atoms with Gasteiger partial charge < -0.3 is 5.32 Å². The van der Waals surface area contributed by atoms with Crippen molar-refractivity contribution < 1.29 is 0 Å². The molecule has 0 saturated carbocycles. The Balaban J connectivity index is 2.39. The van der Waals surface area contributed by atoms with E-state index in [-0.39, 0.29) is 0 Å². The monoisotopic (exact) mass is 213 g/mol. The Kier molecular flexibility index (Phi) is 5.04. The molecule has 0 radical (unpaired) electrons. The molecule has 1 nitrogen and oxygen atoms in total. The maximum Gasteiger partial charge on any atom is 0.0285 e. The van der Waals surface area contributed by atoms with Gasteiger partial charge in [-0.05, 0) is 51.8 Å². The Bertz CT molecular complexity index is 173. The molecule has 82 valence electrons.